The van der Waals surface area contributed by atoms with E-state index >= 15 is 0 Å². The lowest BCUT2D eigenvalue weighted by Crippen LogP contribution is -2.30. The maximum Gasteiger partial charge on any atom is 0.255 e. The van der Waals surface area contributed by atoms with Gasteiger partial charge in [-0.05, 0) is 24.5 Å². The van der Waals surface area contributed by atoms with Gasteiger partial charge < -0.3 is 4.90 Å². The summed E-state index contributed by atoms with van der Waals surface area (Å²) in [6.45, 7) is 3.46. The van der Waals surface area contributed by atoms with Crippen LogP contribution in [0.3, 0.4) is 0 Å². The second kappa shape index (κ2) is 5.30. The van der Waals surface area contributed by atoms with E-state index < -0.39 is 10.0 Å². The number of primary sulfonamides is 1. The topological polar surface area (TPSA) is 80.5 Å². The molecule has 0 bridgehead atoms. The Kier molecular flexibility index (Phi) is 3.91. The Hall–Kier alpha value is -1.40. The Morgan fingerprint density at radius 1 is 1.42 bits per heavy atom. The first-order chi connectivity index (χ1) is 8.93. The zero-order chi connectivity index (χ0) is 14.0. The van der Waals surface area contributed by atoms with Crippen molar-refractivity contribution in [3.63, 3.8) is 0 Å². The van der Waals surface area contributed by atoms with Gasteiger partial charge in [-0.3, -0.25) is 4.79 Å². The highest BCUT2D eigenvalue weighted by molar-refractivity contribution is 7.89. The number of nitrogens with zero attached hydrogens (tertiary/aromatic N) is 1. The molecule has 1 aromatic rings. The van der Waals surface area contributed by atoms with Gasteiger partial charge in [-0.2, -0.15) is 0 Å². The van der Waals surface area contributed by atoms with Crippen LogP contribution in [-0.2, 0) is 10.0 Å². The molecule has 1 unspecified atom stereocenters. The van der Waals surface area contributed by atoms with E-state index in [9.17, 15) is 13.2 Å². The predicted molar refractivity (Wildman–Crippen MR) is 72.1 cm³/mol. The third kappa shape index (κ3) is 2.96. The summed E-state index contributed by atoms with van der Waals surface area (Å²) < 4.78 is 23.0. The largest absolute Gasteiger partial charge is 0.338 e. The number of nitrogens with two attached hydrogens (primary N) is 1. The molecule has 1 atom stereocenters. The number of rotatable bonds is 3. The average molecular weight is 282 g/mol. The minimum absolute atomic E-state index is 0.0973. The molecule has 2 N–H and O–H groups in total. The first-order valence-corrected chi connectivity index (χ1v) is 7.89. The summed E-state index contributed by atoms with van der Waals surface area (Å²) in [5, 5.41) is 5.15. The Bertz CT molecular complexity index is 583. The van der Waals surface area contributed by atoms with Crippen LogP contribution in [0.15, 0.2) is 29.2 Å². The van der Waals surface area contributed by atoms with Gasteiger partial charge >= 0.3 is 0 Å². The second-order valence-electron chi connectivity index (χ2n) is 4.86. The van der Waals surface area contributed by atoms with Gasteiger partial charge in [-0.15, -0.1) is 0 Å². The molecule has 0 spiro atoms. The predicted octanol–water partition coefficient (Wildman–Crippen LogP) is 1.21. The maximum atomic E-state index is 12.4. The van der Waals surface area contributed by atoms with Crippen LogP contribution in [0.5, 0.6) is 0 Å². The summed E-state index contributed by atoms with van der Waals surface area (Å²) in [5.41, 5.74) is 0.168. The smallest absolute Gasteiger partial charge is 0.255 e. The van der Waals surface area contributed by atoms with Gasteiger partial charge in [0.2, 0.25) is 10.0 Å². The molecule has 0 aliphatic carbocycles. The quantitative estimate of drug-likeness (QED) is 0.904. The van der Waals surface area contributed by atoms with Crippen LogP contribution in [-0.4, -0.2) is 32.3 Å². The van der Waals surface area contributed by atoms with E-state index in [4.69, 9.17) is 5.14 Å². The summed E-state index contributed by atoms with van der Waals surface area (Å²) in [6.07, 6.45) is 2.00. The van der Waals surface area contributed by atoms with Crippen LogP contribution in [0.2, 0.25) is 0 Å². The zero-order valence-electron chi connectivity index (χ0n) is 10.9. The molecule has 1 heterocycles. The molecular weight excluding hydrogens is 264 g/mol. The van der Waals surface area contributed by atoms with Crippen molar-refractivity contribution in [3.8, 4) is 0 Å². The molecule has 0 radical (unpaired) electrons. The third-order valence-corrected chi connectivity index (χ3v) is 4.54. The fourth-order valence-electron chi connectivity index (χ4n) is 2.41. The van der Waals surface area contributed by atoms with E-state index in [1.165, 1.54) is 12.1 Å². The lowest BCUT2D eigenvalue weighted by molar-refractivity contribution is 0.0783. The van der Waals surface area contributed by atoms with Gasteiger partial charge in [-0.1, -0.05) is 25.5 Å². The van der Waals surface area contributed by atoms with E-state index in [2.05, 4.69) is 6.92 Å². The van der Waals surface area contributed by atoms with Crippen molar-refractivity contribution in [2.75, 3.05) is 13.1 Å². The van der Waals surface area contributed by atoms with Gasteiger partial charge in [0, 0.05) is 13.1 Å². The highest BCUT2D eigenvalue weighted by Crippen LogP contribution is 2.23. The van der Waals surface area contributed by atoms with Crippen molar-refractivity contribution in [2.45, 2.75) is 24.7 Å². The Morgan fingerprint density at radius 2 is 2.11 bits per heavy atom. The van der Waals surface area contributed by atoms with Gasteiger partial charge in [0.25, 0.3) is 5.91 Å². The van der Waals surface area contributed by atoms with Crippen molar-refractivity contribution < 1.29 is 13.2 Å². The highest BCUT2D eigenvalue weighted by atomic mass is 32.2. The molecule has 2 rings (SSSR count). The maximum absolute atomic E-state index is 12.4. The number of likely N-dealkylation sites (tertiary alicyclic amines) is 1. The normalized spacial score (nSPS) is 19.7. The lowest BCUT2D eigenvalue weighted by atomic mass is 10.1. The number of carbonyl (C=O) groups is 1. The summed E-state index contributed by atoms with van der Waals surface area (Å²) in [6, 6.07) is 6.10. The molecule has 6 heteroatoms. The molecule has 0 aromatic heterocycles. The van der Waals surface area contributed by atoms with Crippen LogP contribution < -0.4 is 5.14 Å². The molecule has 19 heavy (non-hydrogen) atoms. The number of hydrogen-bond donors (Lipinski definition) is 1. The first kappa shape index (κ1) is 14.0. The molecule has 5 nitrogen and oxygen atoms in total. The van der Waals surface area contributed by atoms with Crippen LogP contribution in [0.25, 0.3) is 0 Å². The second-order valence-corrected chi connectivity index (χ2v) is 6.39. The van der Waals surface area contributed by atoms with Crippen LogP contribution >= 0.6 is 0 Å². The van der Waals surface area contributed by atoms with Crippen LogP contribution in [0.1, 0.15) is 30.1 Å². The van der Waals surface area contributed by atoms with Crippen LogP contribution in [0.4, 0.5) is 0 Å². The number of benzene rings is 1. The summed E-state index contributed by atoms with van der Waals surface area (Å²) in [4.78, 5) is 14.0. The van der Waals surface area contributed by atoms with Crippen LogP contribution in [0, 0.1) is 5.92 Å². The van der Waals surface area contributed by atoms with Crippen molar-refractivity contribution in [1.82, 2.24) is 4.90 Å². The van der Waals surface area contributed by atoms with Gasteiger partial charge in [0.05, 0.1) is 10.5 Å². The molecular formula is C13H18N2O3S. The fraction of sp³-hybridized carbons (Fsp3) is 0.462. The van der Waals surface area contributed by atoms with E-state index in [-0.39, 0.29) is 16.4 Å². The molecule has 1 saturated heterocycles. The minimum Gasteiger partial charge on any atom is -0.338 e. The number of sulfonamides is 1. The van der Waals surface area contributed by atoms with Crippen molar-refractivity contribution in [3.05, 3.63) is 29.8 Å². The zero-order valence-corrected chi connectivity index (χ0v) is 11.7. The van der Waals surface area contributed by atoms with E-state index in [0.717, 1.165) is 12.8 Å². The minimum atomic E-state index is -3.87. The first-order valence-electron chi connectivity index (χ1n) is 6.34. The Labute approximate surface area is 113 Å². The lowest BCUT2D eigenvalue weighted by Gasteiger charge is -2.17. The average Bonchev–Trinajstić information content (AvgIpc) is 2.85. The molecule has 104 valence electrons. The van der Waals surface area contributed by atoms with E-state index in [1.807, 2.05) is 0 Å². The Balaban J connectivity index is 2.30. The third-order valence-electron chi connectivity index (χ3n) is 3.57. The molecule has 1 aliphatic heterocycles. The molecule has 0 saturated carbocycles. The standard InChI is InChI=1S/C13H18N2O3S/c1-2-10-7-8-15(9-10)13(16)11-5-3-4-6-12(11)19(14,17)18/h3-6,10H,2,7-9H2,1H3,(H2,14,17,18). The van der Waals surface area contributed by atoms with Crippen molar-refractivity contribution in [1.29, 1.82) is 0 Å². The molecule has 1 amide bonds. The number of amides is 1. The van der Waals surface area contributed by atoms with Gasteiger partial charge in [0.1, 0.15) is 0 Å². The monoisotopic (exact) mass is 282 g/mol. The summed E-state index contributed by atoms with van der Waals surface area (Å²) in [7, 11) is -3.87. The van der Waals surface area contributed by atoms with Gasteiger partial charge in [-0.25, -0.2) is 13.6 Å². The van der Waals surface area contributed by atoms with Crippen molar-refractivity contribution >= 4 is 15.9 Å². The highest BCUT2D eigenvalue weighted by Gasteiger charge is 2.28. The SMILES string of the molecule is CCC1CCN(C(=O)c2ccccc2S(N)(=O)=O)C1. The number of carbonyl (C=O) groups excluding carboxylic acids is 1. The Morgan fingerprint density at radius 3 is 2.68 bits per heavy atom. The van der Waals surface area contributed by atoms with E-state index in [0.29, 0.717) is 19.0 Å². The molecule has 1 fully saturated rings. The molecule has 1 aromatic carbocycles. The van der Waals surface area contributed by atoms with Gasteiger partial charge in [0.15, 0.2) is 0 Å². The van der Waals surface area contributed by atoms with Crippen molar-refractivity contribution in [2.24, 2.45) is 11.1 Å². The fourth-order valence-corrected chi connectivity index (χ4v) is 3.14. The summed E-state index contributed by atoms with van der Waals surface area (Å²) >= 11 is 0. The van der Waals surface area contributed by atoms with E-state index in [1.54, 1.807) is 17.0 Å². The summed E-state index contributed by atoms with van der Waals surface area (Å²) in [5.74, 6) is 0.256. The number of hydrogen-bond acceptors (Lipinski definition) is 3. The molecule has 1 aliphatic rings.